The standard InChI is InChI=1S/C15H14N6O2/c16-7-11-1-4-15(18-8-11)20-6-5-12(10-20)19-14-3-2-13(9-17-14)21(22)23/h1-4,8-9,12H,5-6,10H2,(H,17,19). The van der Waals surface area contributed by atoms with Gasteiger partial charge in [-0.1, -0.05) is 0 Å². The third-order valence-corrected chi connectivity index (χ3v) is 3.70. The SMILES string of the molecule is N#Cc1ccc(N2CCC(Nc3ccc([N+](=O)[O-])cn3)C2)nc1. The fraction of sp³-hybridized carbons (Fsp3) is 0.267. The first-order chi connectivity index (χ1) is 11.2. The van der Waals surface area contributed by atoms with Crippen LogP contribution in [0, 0.1) is 21.4 Å². The Bertz CT molecular complexity index is 738. The van der Waals surface area contributed by atoms with Gasteiger partial charge in [0, 0.05) is 31.4 Å². The number of hydrogen-bond acceptors (Lipinski definition) is 7. The average Bonchev–Trinajstić information content (AvgIpc) is 3.04. The number of nitriles is 1. The van der Waals surface area contributed by atoms with Crippen LogP contribution in [0.4, 0.5) is 17.3 Å². The van der Waals surface area contributed by atoms with E-state index in [4.69, 9.17) is 5.26 Å². The summed E-state index contributed by atoms with van der Waals surface area (Å²) in [6.07, 6.45) is 3.73. The molecule has 0 amide bonds. The lowest BCUT2D eigenvalue weighted by atomic mass is 10.2. The van der Waals surface area contributed by atoms with Gasteiger partial charge in [0.05, 0.1) is 10.5 Å². The lowest BCUT2D eigenvalue weighted by Crippen LogP contribution is -2.26. The first-order valence-corrected chi connectivity index (χ1v) is 7.14. The summed E-state index contributed by atoms with van der Waals surface area (Å²) in [5.74, 6) is 1.46. The minimum Gasteiger partial charge on any atom is -0.365 e. The molecule has 1 aliphatic rings. The summed E-state index contributed by atoms with van der Waals surface area (Å²) < 4.78 is 0. The van der Waals surface area contributed by atoms with E-state index in [2.05, 4.69) is 20.2 Å². The molecule has 1 unspecified atom stereocenters. The largest absolute Gasteiger partial charge is 0.365 e. The van der Waals surface area contributed by atoms with E-state index < -0.39 is 4.92 Å². The molecule has 0 spiro atoms. The van der Waals surface area contributed by atoms with E-state index in [1.165, 1.54) is 12.3 Å². The number of rotatable bonds is 4. The van der Waals surface area contributed by atoms with Crippen LogP contribution in [0.25, 0.3) is 0 Å². The summed E-state index contributed by atoms with van der Waals surface area (Å²) in [7, 11) is 0. The molecule has 8 nitrogen and oxygen atoms in total. The molecule has 2 aromatic rings. The van der Waals surface area contributed by atoms with Gasteiger partial charge >= 0.3 is 0 Å². The number of aromatic nitrogens is 2. The van der Waals surface area contributed by atoms with Gasteiger partial charge in [-0.25, -0.2) is 9.97 Å². The highest BCUT2D eigenvalue weighted by molar-refractivity contribution is 5.46. The molecule has 0 saturated carbocycles. The van der Waals surface area contributed by atoms with Crippen molar-refractivity contribution in [2.45, 2.75) is 12.5 Å². The molecule has 0 aromatic carbocycles. The van der Waals surface area contributed by atoms with Crippen LogP contribution in [-0.2, 0) is 0 Å². The highest BCUT2D eigenvalue weighted by Gasteiger charge is 2.23. The topological polar surface area (TPSA) is 108 Å². The summed E-state index contributed by atoms with van der Waals surface area (Å²) in [5.41, 5.74) is 0.517. The number of nitrogens with one attached hydrogen (secondary N) is 1. The van der Waals surface area contributed by atoms with Crippen LogP contribution in [-0.4, -0.2) is 34.0 Å². The van der Waals surface area contributed by atoms with E-state index in [1.54, 1.807) is 18.3 Å². The van der Waals surface area contributed by atoms with E-state index in [0.717, 1.165) is 25.3 Å². The van der Waals surface area contributed by atoms with E-state index >= 15 is 0 Å². The number of pyridine rings is 2. The Hall–Kier alpha value is -3.21. The van der Waals surface area contributed by atoms with Crippen LogP contribution >= 0.6 is 0 Å². The Morgan fingerprint density at radius 1 is 1.30 bits per heavy atom. The summed E-state index contributed by atoms with van der Waals surface area (Å²) in [4.78, 5) is 20.6. The van der Waals surface area contributed by atoms with Gasteiger partial charge in [-0.3, -0.25) is 10.1 Å². The monoisotopic (exact) mass is 310 g/mol. The van der Waals surface area contributed by atoms with Crippen molar-refractivity contribution in [1.82, 2.24) is 9.97 Å². The number of nitrogens with zero attached hydrogens (tertiary/aromatic N) is 5. The van der Waals surface area contributed by atoms with Crippen molar-refractivity contribution in [2.75, 3.05) is 23.3 Å². The van der Waals surface area contributed by atoms with Crippen LogP contribution < -0.4 is 10.2 Å². The van der Waals surface area contributed by atoms with Crippen molar-refractivity contribution in [3.63, 3.8) is 0 Å². The third-order valence-electron chi connectivity index (χ3n) is 3.70. The molecule has 1 aliphatic heterocycles. The summed E-state index contributed by atoms with van der Waals surface area (Å²) in [5, 5.41) is 22.7. The quantitative estimate of drug-likeness (QED) is 0.679. The molecule has 0 radical (unpaired) electrons. The summed E-state index contributed by atoms with van der Waals surface area (Å²) in [6.45, 7) is 1.61. The second kappa shape index (κ2) is 6.27. The second-order valence-electron chi connectivity index (χ2n) is 5.25. The van der Waals surface area contributed by atoms with Crippen molar-refractivity contribution in [3.05, 3.63) is 52.3 Å². The van der Waals surface area contributed by atoms with Crippen molar-refractivity contribution in [2.24, 2.45) is 0 Å². The van der Waals surface area contributed by atoms with E-state index in [-0.39, 0.29) is 11.7 Å². The number of nitro groups is 1. The molecule has 3 rings (SSSR count). The first kappa shape index (κ1) is 14.7. The molecule has 23 heavy (non-hydrogen) atoms. The van der Waals surface area contributed by atoms with Gasteiger partial charge in [0.15, 0.2) is 0 Å². The molecule has 0 aliphatic carbocycles. The van der Waals surface area contributed by atoms with E-state index in [9.17, 15) is 10.1 Å². The predicted octanol–water partition coefficient (Wildman–Crippen LogP) is 1.95. The molecule has 1 N–H and O–H groups in total. The van der Waals surface area contributed by atoms with Gasteiger partial charge in [0.25, 0.3) is 5.69 Å². The predicted molar refractivity (Wildman–Crippen MR) is 84.1 cm³/mol. The van der Waals surface area contributed by atoms with Crippen LogP contribution in [0.5, 0.6) is 0 Å². The molecule has 3 heterocycles. The van der Waals surface area contributed by atoms with Gasteiger partial charge in [-0.05, 0) is 24.6 Å². The second-order valence-corrected chi connectivity index (χ2v) is 5.25. The van der Waals surface area contributed by atoms with E-state index in [0.29, 0.717) is 11.4 Å². The molecular weight excluding hydrogens is 296 g/mol. The minimum absolute atomic E-state index is 0.0228. The van der Waals surface area contributed by atoms with Gasteiger partial charge in [-0.2, -0.15) is 5.26 Å². The maximum atomic E-state index is 10.6. The highest BCUT2D eigenvalue weighted by atomic mass is 16.6. The van der Waals surface area contributed by atoms with E-state index in [1.807, 2.05) is 12.1 Å². The minimum atomic E-state index is -0.468. The molecule has 1 fully saturated rings. The lowest BCUT2D eigenvalue weighted by molar-refractivity contribution is -0.385. The highest BCUT2D eigenvalue weighted by Crippen LogP contribution is 2.21. The summed E-state index contributed by atoms with van der Waals surface area (Å²) in [6, 6.07) is 8.88. The fourth-order valence-corrected chi connectivity index (χ4v) is 2.51. The fourth-order valence-electron chi connectivity index (χ4n) is 2.51. The van der Waals surface area contributed by atoms with Gasteiger partial charge in [0.1, 0.15) is 23.9 Å². The Morgan fingerprint density at radius 2 is 2.17 bits per heavy atom. The molecule has 8 heteroatoms. The molecule has 2 aromatic heterocycles. The van der Waals surface area contributed by atoms with Gasteiger partial charge in [-0.15, -0.1) is 0 Å². The van der Waals surface area contributed by atoms with Crippen LogP contribution in [0.15, 0.2) is 36.7 Å². The molecular formula is C15H14N6O2. The van der Waals surface area contributed by atoms with Crippen LogP contribution in [0.3, 0.4) is 0 Å². The van der Waals surface area contributed by atoms with Gasteiger partial charge < -0.3 is 10.2 Å². The average molecular weight is 310 g/mol. The summed E-state index contributed by atoms with van der Waals surface area (Å²) >= 11 is 0. The number of hydrogen-bond donors (Lipinski definition) is 1. The Balaban J connectivity index is 1.61. The maximum Gasteiger partial charge on any atom is 0.287 e. The van der Waals surface area contributed by atoms with Crippen molar-refractivity contribution >= 4 is 17.3 Å². The Labute approximate surface area is 132 Å². The van der Waals surface area contributed by atoms with Gasteiger partial charge in [0.2, 0.25) is 0 Å². The Morgan fingerprint density at radius 3 is 2.78 bits per heavy atom. The smallest absolute Gasteiger partial charge is 0.287 e. The van der Waals surface area contributed by atoms with Crippen molar-refractivity contribution in [1.29, 1.82) is 5.26 Å². The Kier molecular flexibility index (Phi) is 4.01. The van der Waals surface area contributed by atoms with Crippen molar-refractivity contribution < 1.29 is 4.92 Å². The van der Waals surface area contributed by atoms with Crippen LogP contribution in [0.1, 0.15) is 12.0 Å². The molecule has 0 bridgehead atoms. The first-order valence-electron chi connectivity index (χ1n) is 7.14. The maximum absolute atomic E-state index is 10.6. The molecule has 116 valence electrons. The zero-order chi connectivity index (χ0) is 16.2. The van der Waals surface area contributed by atoms with Crippen LogP contribution in [0.2, 0.25) is 0 Å². The third kappa shape index (κ3) is 3.35. The van der Waals surface area contributed by atoms with Crippen molar-refractivity contribution in [3.8, 4) is 6.07 Å². The zero-order valence-electron chi connectivity index (χ0n) is 12.2. The molecule has 1 saturated heterocycles. The normalized spacial score (nSPS) is 16.8. The zero-order valence-corrected chi connectivity index (χ0v) is 12.2. The number of anilines is 2. The molecule has 1 atom stereocenters. The lowest BCUT2D eigenvalue weighted by Gasteiger charge is -2.18.